The number of hydrogen-bond acceptors (Lipinski definition) is 3. The quantitative estimate of drug-likeness (QED) is 0.821. The topological polar surface area (TPSA) is 34.1 Å². The molecule has 0 saturated carbocycles. The summed E-state index contributed by atoms with van der Waals surface area (Å²) in [4.78, 5) is 4.57. The fourth-order valence-corrected chi connectivity index (χ4v) is 2.08. The number of pyridine rings is 1. The number of aromatic nitrogens is 1. The van der Waals surface area contributed by atoms with Crippen molar-refractivity contribution >= 4 is 0 Å². The average molecular weight is 278 g/mol. The van der Waals surface area contributed by atoms with Gasteiger partial charge in [0.15, 0.2) is 0 Å². The predicted octanol–water partition coefficient (Wildman–Crippen LogP) is 3.89. The van der Waals surface area contributed by atoms with Crippen molar-refractivity contribution in [3.63, 3.8) is 0 Å². The molecule has 0 fully saturated rings. The Labute approximate surface area is 124 Å². The summed E-state index contributed by atoms with van der Waals surface area (Å²) in [5.74, 6) is 0.937. The molecule has 1 N–H and O–H groups in total. The Morgan fingerprint density at radius 3 is 2.50 bits per heavy atom. The summed E-state index contributed by atoms with van der Waals surface area (Å²) in [7, 11) is 0. The molecular formula is C17H30N2O. The van der Waals surface area contributed by atoms with Gasteiger partial charge in [-0.05, 0) is 52.7 Å². The average Bonchev–Trinajstić information content (AvgIpc) is 2.37. The monoisotopic (exact) mass is 278 g/mol. The van der Waals surface area contributed by atoms with Crippen LogP contribution in [-0.4, -0.2) is 23.2 Å². The highest BCUT2D eigenvalue weighted by Crippen LogP contribution is 2.20. The van der Waals surface area contributed by atoms with Gasteiger partial charge in [0.1, 0.15) is 11.9 Å². The van der Waals surface area contributed by atoms with Crippen molar-refractivity contribution in [1.29, 1.82) is 0 Å². The number of rotatable bonds is 7. The van der Waals surface area contributed by atoms with E-state index in [1.807, 2.05) is 13.0 Å². The molecule has 1 aromatic rings. The Hall–Kier alpha value is -1.09. The molecule has 1 heterocycles. The van der Waals surface area contributed by atoms with Crippen LogP contribution >= 0.6 is 0 Å². The van der Waals surface area contributed by atoms with Crippen molar-refractivity contribution in [1.82, 2.24) is 10.3 Å². The lowest BCUT2D eigenvalue weighted by Crippen LogP contribution is -2.42. The summed E-state index contributed by atoms with van der Waals surface area (Å²) in [5, 5.41) is 3.53. The maximum absolute atomic E-state index is 6.20. The van der Waals surface area contributed by atoms with E-state index in [-0.39, 0.29) is 11.6 Å². The van der Waals surface area contributed by atoms with Gasteiger partial charge in [0.2, 0.25) is 0 Å². The van der Waals surface area contributed by atoms with E-state index in [0.717, 1.165) is 42.9 Å². The molecule has 3 nitrogen and oxygen atoms in total. The summed E-state index contributed by atoms with van der Waals surface area (Å²) in [6.45, 7) is 13.8. The first-order chi connectivity index (χ1) is 9.35. The number of nitrogens with zero attached hydrogens (tertiary/aromatic N) is 1. The van der Waals surface area contributed by atoms with Crippen LogP contribution in [0, 0.1) is 6.92 Å². The van der Waals surface area contributed by atoms with Gasteiger partial charge in [-0.15, -0.1) is 0 Å². The third-order valence-corrected chi connectivity index (χ3v) is 3.17. The van der Waals surface area contributed by atoms with Gasteiger partial charge in [-0.2, -0.15) is 0 Å². The molecule has 0 saturated heterocycles. The molecule has 20 heavy (non-hydrogen) atoms. The fourth-order valence-electron chi connectivity index (χ4n) is 2.08. The summed E-state index contributed by atoms with van der Waals surface area (Å²) in [5.41, 5.74) is 2.23. The van der Waals surface area contributed by atoms with Gasteiger partial charge >= 0.3 is 0 Å². The third-order valence-electron chi connectivity index (χ3n) is 3.17. The van der Waals surface area contributed by atoms with E-state index in [0.29, 0.717) is 0 Å². The maximum atomic E-state index is 6.20. The molecule has 0 radical (unpaired) electrons. The van der Waals surface area contributed by atoms with Crippen LogP contribution in [0.4, 0.5) is 0 Å². The molecule has 1 atom stereocenters. The zero-order chi connectivity index (χ0) is 15.2. The van der Waals surface area contributed by atoms with Crippen LogP contribution in [-0.2, 0) is 6.42 Å². The number of nitrogens with one attached hydrogen (secondary N) is 1. The SMILES string of the molecule is CCCC(CNC(C)(C)C)Oc1ccc(C)nc1CC. The Kier molecular flexibility index (Phi) is 6.47. The maximum Gasteiger partial charge on any atom is 0.141 e. The first kappa shape index (κ1) is 17.0. The van der Waals surface area contributed by atoms with Gasteiger partial charge in [0, 0.05) is 17.8 Å². The lowest BCUT2D eigenvalue weighted by atomic mass is 10.1. The highest BCUT2D eigenvalue weighted by molar-refractivity contribution is 5.29. The number of hydrogen-bond donors (Lipinski definition) is 1. The normalized spacial score (nSPS) is 13.3. The second kappa shape index (κ2) is 7.63. The summed E-state index contributed by atoms with van der Waals surface area (Å²) >= 11 is 0. The van der Waals surface area contributed by atoms with E-state index in [9.17, 15) is 0 Å². The van der Waals surface area contributed by atoms with Gasteiger partial charge in [-0.25, -0.2) is 0 Å². The van der Waals surface area contributed by atoms with Crippen LogP contribution < -0.4 is 10.1 Å². The molecule has 1 aromatic heterocycles. The van der Waals surface area contributed by atoms with Crippen LogP contribution in [0.2, 0.25) is 0 Å². The summed E-state index contributed by atoms with van der Waals surface area (Å²) in [6, 6.07) is 4.08. The lowest BCUT2D eigenvalue weighted by Gasteiger charge is -2.26. The minimum atomic E-state index is 0.120. The first-order valence-corrected chi connectivity index (χ1v) is 7.74. The second-order valence-electron chi connectivity index (χ2n) is 6.41. The van der Waals surface area contributed by atoms with Crippen molar-refractivity contribution in [2.75, 3.05) is 6.54 Å². The van der Waals surface area contributed by atoms with Crippen LogP contribution in [0.1, 0.15) is 58.8 Å². The predicted molar refractivity (Wildman–Crippen MR) is 85.4 cm³/mol. The van der Waals surface area contributed by atoms with E-state index in [1.165, 1.54) is 0 Å². The third kappa shape index (κ3) is 5.91. The molecule has 0 aliphatic carbocycles. The van der Waals surface area contributed by atoms with Crippen LogP contribution in [0.5, 0.6) is 5.75 Å². The molecular weight excluding hydrogens is 248 g/mol. The molecule has 1 rings (SSSR count). The molecule has 0 aliphatic rings. The Bertz CT molecular complexity index is 410. The number of aryl methyl sites for hydroxylation is 2. The fraction of sp³-hybridized carbons (Fsp3) is 0.706. The molecule has 1 unspecified atom stereocenters. The number of ether oxygens (including phenoxy) is 1. The van der Waals surface area contributed by atoms with E-state index in [1.54, 1.807) is 0 Å². The molecule has 0 bridgehead atoms. The Morgan fingerprint density at radius 1 is 1.25 bits per heavy atom. The summed E-state index contributed by atoms with van der Waals surface area (Å²) < 4.78 is 6.20. The van der Waals surface area contributed by atoms with E-state index in [4.69, 9.17) is 4.74 Å². The molecule has 114 valence electrons. The minimum Gasteiger partial charge on any atom is -0.487 e. The molecule has 0 spiro atoms. The van der Waals surface area contributed by atoms with E-state index >= 15 is 0 Å². The smallest absolute Gasteiger partial charge is 0.141 e. The lowest BCUT2D eigenvalue weighted by molar-refractivity contribution is 0.172. The van der Waals surface area contributed by atoms with Crippen molar-refractivity contribution in [3.8, 4) is 5.75 Å². The van der Waals surface area contributed by atoms with Crippen LogP contribution in [0.25, 0.3) is 0 Å². The molecule has 0 aliphatic heterocycles. The van der Waals surface area contributed by atoms with Crippen LogP contribution in [0.3, 0.4) is 0 Å². The van der Waals surface area contributed by atoms with Gasteiger partial charge < -0.3 is 10.1 Å². The zero-order valence-electron chi connectivity index (χ0n) is 13.9. The minimum absolute atomic E-state index is 0.120. The molecule has 0 aromatic carbocycles. The van der Waals surface area contributed by atoms with E-state index < -0.39 is 0 Å². The molecule has 0 amide bonds. The van der Waals surface area contributed by atoms with Crippen molar-refractivity contribution in [3.05, 3.63) is 23.5 Å². The zero-order valence-corrected chi connectivity index (χ0v) is 13.9. The Balaban J connectivity index is 2.74. The van der Waals surface area contributed by atoms with Gasteiger partial charge in [0.05, 0.1) is 5.69 Å². The van der Waals surface area contributed by atoms with Crippen LogP contribution in [0.15, 0.2) is 12.1 Å². The molecule has 3 heteroatoms. The standard InChI is InChI=1S/C17H30N2O/c1-7-9-14(12-18-17(4,5)6)20-16-11-10-13(3)19-15(16)8-2/h10-11,14,18H,7-9,12H2,1-6H3. The van der Waals surface area contributed by atoms with Crippen molar-refractivity contribution < 1.29 is 4.74 Å². The summed E-state index contributed by atoms with van der Waals surface area (Å²) in [6.07, 6.45) is 3.29. The largest absolute Gasteiger partial charge is 0.487 e. The first-order valence-electron chi connectivity index (χ1n) is 7.74. The van der Waals surface area contributed by atoms with Crippen molar-refractivity contribution in [2.45, 2.75) is 72.4 Å². The second-order valence-corrected chi connectivity index (χ2v) is 6.41. The Morgan fingerprint density at radius 2 is 1.95 bits per heavy atom. The highest BCUT2D eigenvalue weighted by Gasteiger charge is 2.16. The van der Waals surface area contributed by atoms with E-state index in [2.05, 4.69) is 51.0 Å². The van der Waals surface area contributed by atoms with Gasteiger partial charge in [-0.3, -0.25) is 4.98 Å². The highest BCUT2D eigenvalue weighted by atomic mass is 16.5. The van der Waals surface area contributed by atoms with Crippen molar-refractivity contribution in [2.24, 2.45) is 0 Å². The van der Waals surface area contributed by atoms with Gasteiger partial charge in [-0.1, -0.05) is 20.3 Å². The van der Waals surface area contributed by atoms with Gasteiger partial charge in [0.25, 0.3) is 0 Å².